The van der Waals surface area contributed by atoms with Gasteiger partial charge in [0.15, 0.2) is 11.6 Å². The summed E-state index contributed by atoms with van der Waals surface area (Å²) in [5.74, 6) is -1.90. The number of carbonyl (C=O) groups excluding carboxylic acids is 1. The molecule has 2 heterocycles. The number of aromatic nitrogens is 1. The lowest BCUT2D eigenvalue weighted by Gasteiger charge is -2.24. The van der Waals surface area contributed by atoms with Gasteiger partial charge in [0, 0.05) is 38.9 Å². The quantitative estimate of drug-likeness (QED) is 0.891. The van der Waals surface area contributed by atoms with E-state index in [0.29, 0.717) is 30.8 Å². The van der Waals surface area contributed by atoms with Crippen molar-refractivity contribution in [2.24, 2.45) is 0 Å². The van der Waals surface area contributed by atoms with E-state index >= 15 is 0 Å². The molecule has 1 fully saturated rings. The van der Waals surface area contributed by atoms with E-state index in [9.17, 15) is 18.7 Å². The van der Waals surface area contributed by atoms with Crippen molar-refractivity contribution in [1.29, 1.82) is 0 Å². The van der Waals surface area contributed by atoms with Crippen LogP contribution in [0.25, 0.3) is 0 Å². The third kappa shape index (κ3) is 3.72. The minimum Gasteiger partial charge on any atom is -0.392 e. The van der Waals surface area contributed by atoms with Crippen molar-refractivity contribution >= 4 is 5.91 Å². The molecule has 0 spiro atoms. The van der Waals surface area contributed by atoms with Crippen molar-refractivity contribution in [3.63, 3.8) is 0 Å². The number of likely N-dealkylation sites (tertiary alicyclic amines) is 1. The fourth-order valence-corrected chi connectivity index (χ4v) is 3.24. The van der Waals surface area contributed by atoms with Gasteiger partial charge < -0.3 is 15.0 Å². The molecule has 7 heteroatoms. The van der Waals surface area contributed by atoms with E-state index < -0.39 is 17.7 Å². The molecule has 3 rings (SSSR count). The number of aliphatic hydroxyl groups is 1. The normalized spacial score (nSPS) is 20.8. The van der Waals surface area contributed by atoms with Crippen molar-refractivity contribution in [2.75, 3.05) is 20.6 Å². The van der Waals surface area contributed by atoms with Crippen LogP contribution in [-0.4, -0.2) is 52.5 Å². The molecule has 5 nitrogen and oxygen atoms in total. The number of aliphatic hydroxyl groups excluding tert-OH is 1. The largest absolute Gasteiger partial charge is 0.392 e. The first kappa shape index (κ1) is 17.6. The van der Waals surface area contributed by atoms with E-state index in [1.54, 1.807) is 26.2 Å². The molecule has 1 amide bonds. The molecular weight excluding hydrogens is 328 g/mol. The monoisotopic (exact) mass is 349 g/mol. The Kier molecular flexibility index (Phi) is 4.87. The Labute approximate surface area is 144 Å². The number of hydrogen-bond acceptors (Lipinski definition) is 3. The molecule has 134 valence electrons. The molecular formula is C18H21F2N3O2. The molecule has 1 aromatic carbocycles. The molecule has 1 aromatic heterocycles. The second kappa shape index (κ2) is 6.93. The van der Waals surface area contributed by atoms with Crippen LogP contribution < -0.4 is 0 Å². The smallest absolute Gasteiger partial charge is 0.269 e. The topological polar surface area (TPSA) is 59.6 Å². The van der Waals surface area contributed by atoms with Crippen LogP contribution in [0, 0.1) is 11.6 Å². The number of carbonyl (C=O) groups is 1. The van der Waals surface area contributed by atoms with Crippen molar-refractivity contribution in [2.45, 2.75) is 25.1 Å². The molecule has 0 saturated carbocycles. The number of hydrogen-bond donors (Lipinski definition) is 2. The molecule has 2 atom stereocenters. The highest BCUT2D eigenvalue weighted by atomic mass is 19.2. The van der Waals surface area contributed by atoms with Gasteiger partial charge in [-0.05, 0) is 36.2 Å². The van der Waals surface area contributed by atoms with Gasteiger partial charge in [-0.1, -0.05) is 6.07 Å². The first-order chi connectivity index (χ1) is 11.8. The van der Waals surface area contributed by atoms with Crippen molar-refractivity contribution in [3.8, 4) is 0 Å². The summed E-state index contributed by atoms with van der Waals surface area (Å²) in [4.78, 5) is 18.5. The first-order valence-electron chi connectivity index (χ1n) is 8.11. The molecule has 0 bridgehead atoms. The number of aromatic amines is 1. The van der Waals surface area contributed by atoms with Crippen LogP contribution in [0.5, 0.6) is 0 Å². The number of β-amino-alcohol motifs (C(OH)–C–C–N with tert-alkyl or cyclic N) is 1. The molecule has 1 aliphatic rings. The van der Waals surface area contributed by atoms with Crippen LogP contribution in [0.15, 0.2) is 30.3 Å². The highest BCUT2D eigenvalue weighted by Crippen LogP contribution is 2.34. The summed E-state index contributed by atoms with van der Waals surface area (Å²) in [5.41, 5.74) is 1.95. The minimum absolute atomic E-state index is 0.120. The molecule has 2 aromatic rings. The van der Waals surface area contributed by atoms with Crippen LogP contribution in [0.1, 0.15) is 34.2 Å². The van der Waals surface area contributed by atoms with Gasteiger partial charge in [0.25, 0.3) is 5.91 Å². The van der Waals surface area contributed by atoms with Gasteiger partial charge in [-0.25, -0.2) is 8.78 Å². The lowest BCUT2D eigenvalue weighted by Crippen LogP contribution is -2.25. The molecule has 0 unspecified atom stereocenters. The predicted octanol–water partition coefficient (Wildman–Crippen LogP) is 2.30. The standard InChI is InChI=1S/C18H21F2N3O2/c1-22(2)18(25)16-6-4-12(21-16)9-23-10-13(24)8-17(23)11-3-5-14(19)15(20)7-11/h3-7,13,17,21,24H,8-10H2,1-2H3/t13-,17+/m0/s1. The van der Waals surface area contributed by atoms with Crippen LogP contribution in [-0.2, 0) is 6.54 Å². The third-order valence-corrected chi connectivity index (χ3v) is 4.47. The fraction of sp³-hybridized carbons (Fsp3) is 0.389. The second-order valence-corrected chi connectivity index (χ2v) is 6.61. The summed E-state index contributed by atoms with van der Waals surface area (Å²) in [6.45, 7) is 0.904. The molecule has 0 aliphatic carbocycles. The minimum atomic E-state index is -0.891. The Morgan fingerprint density at radius 3 is 2.72 bits per heavy atom. The van der Waals surface area contributed by atoms with Gasteiger partial charge in [0.1, 0.15) is 5.69 Å². The molecule has 1 aliphatic heterocycles. The van der Waals surface area contributed by atoms with Crippen LogP contribution in [0.3, 0.4) is 0 Å². The average Bonchev–Trinajstić information content (AvgIpc) is 3.16. The van der Waals surface area contributed by atoms with Crippen molar-refractivity contribution < 1.29 is 18.7 Å². The number of rotatable bonds is 4. The Morgan fingerprint density at radius 1 is 1.28 bits per heavy atom. The summed E-state index contributed by atoms with van der Waals surface area (Å²) >= 11 is 0. The van der Waals surface area contributed by atoms with Gasteiger partial charge in [-0.3, -0.25) is 9.69 Å². The van der Waals surface area contributed by atoms with E-state index in [1.165, 1.54) is 11.0 Å². The summed E-state index contributed by atoms with van der Waals surface area (Å²) in [6.07, 6.45) is -0.0779. The molecule has 1 saturated heterocycles. The van der Waals surface area contributed by atoms with E-state index in [1.807, 2.05) is 11.0 Å². The van der Waals surface area contributed by atoms with Gasteiger partial charge in [0.05, 0.1) is 6.10 Å². The number of amides is 1. The summed E-state index contributed by atoms with van der Waals surface area (Å²) in [5, 5.41) is 10.0. The highest BCUT2D eigenvalue weighted by molar-refractivity contribution is 5.92. The zero-order valence-electron chi connectivity index (χ0n) is 14.2. The second-order valence-electron chi connectivity index (χ2n) is 6.61. The van der Waals surface area contributed by atoms with Crippen molar-refractivity contribution in [3.05, 3.63) is 58.9 Å². The van der Waals surface area contributed by atoms with Gasteiger partial charge in [0.2, 0.25) is 0 Å². The Morgan fingerprint density at radius 2 is 2.04 bits per heavy atom. The average molecular weight is 349 g/mol. The fourth-order valence-electron chi connectivity index (χ4n) is 3.24. The highest BCUT2D eigenvalue weighted by Gasteiger charge is 2.32. The number of nitrogens with one attached hydrogen (secondary N) is 1. The summed E-state index contributed by atoms with van der Waals surface area (Å²) < 4.78 is 26.7. The van der Waals surface area contributed by atoms with Crippen molar-refractivity contribution in [1.82, 2.24) is 14.8 Å². The SMILES string of the molecule is CN(C)C(=O)c1ccc(CN2C[C@@H](O)C[C@@H]2c2ccc(F)c(F)c2)[nH]1. The van der Waals surface area contributed by atoms with Gasteiger partial charge in [-0.2, -0.15) is 0 Å². The number of nitrogens with zero attached hydrogens (tertiary/aromatic N) is 2. The maximum atomic E-state index is 13.5. The number of halogens is 2. The maximum absolute atomic E-state index is 13.5. The van der Waals surface area contributed by atoms with E-state index in [4.69, 9.17) is 0 Å². The molecule has 0 radical (unpaired) electrons. The first-order valence-corrected chi connectivity index (χ1v) is 8.11. The number of benzene rings is 1. The lowest BCUT2D eigenvalue weighted by molar-refractivity contribution is 0.0822. The Bertz CT molecular complexity index is 775. The van der Waals surface area contributed by atoms with Gasteiger partial charge in [-0.15, -0.1) is 0 Å². The maximum Gasteiger partial charge on any atom is 0.269 e. The van der Waals surface area contributed by atoms with E-state index in [-0.39, 0.29) is 11.9 Å². The lowest BCUT2D eigenvalue weighted by atomic mass is 10.0. The zero-order valence-corrected chi connectivity index (χ0v) is 14.2. The molecule has 2 N–H and O–H groups in total. The van der Waals surface area contributed by atoms with Crippen LogP contribution in [0.2, 0.25) is 0 Å². The zero-order chi connectivity index (χ0) is 18.1. The van der Waals surface area contributed by atoms with E-state index in [0.717, 1.165) is 11.8 Å². The van der Waals surface area contributed by atoms with Crippen LogP contribution in [0.4, 0.5) is 8.78 Å². The summed E-state index contributed by atoms with van der Waals surface area (Å²) in [7, 11) is 3.36. The Balaban J connectivity index is 1.78. The third-order valence-electron chi connectivity index (χ3n) is 4.47. The number of H-pyrrole nitrogens is 1. The van der Waals surface area contributed by atoms with Crippen LogP contribution >= 0.6 is 0 Å². The predicted molar refractivity (Wildman–Crippen MR) is 88.9 cm³/mol. The molecule has 25 heavy (non-hydrogen) atoms. The summed E-state index contributed by atoms with van der Waals surface area (Å²) in [6, 6.07) is 7.17. The van der Waals surface area contributed by atoms with E-state index in [2.05, 4.69) is 4.98 Å². The van der Waals surface area contributed by atoms with Gasteiger partial charge >= 0.3 is 0 Å². The Hall–Kier alpha value is -2.25.